The minimum Gasteiger partial charge on any atom is -0.481 e. The summed E-state index contributed by atoms with van der Waals surface area (Å²) in [6.07, 6.45) is 9.12. The van der Waals surface area contributed by atoms with Gasteiger partial charge in [-0.1, -0.05) is 18.2 Å². The van der Waals surface area contributed by atoms with Gasteiger partial charge < -0.3 is 5.11 Å². The van der Waals surface area contributed by atoms with Crippen LogP contribution in [0, 0.1) is 5.92 Å². The van der Waals surface area contributed by atoms with Gasteiger partial charge >= 0.3 is 5.97 Å². The van der Waals surface area contributed by atoms with E-state index in [1.54, 1.807) is 17.1 Å². The molecule has 1 N–H and O–H groups in total. The smallest absolute Gasteiger partial charge is 0.313 e. The van der Waals surface area contributed by atoms with E-state index in [0.29, 0.717) is 13.1 Å². The monoisotopic (exact) mass is 271 g/mol. The third-order valence-electron chi connectivity index (χ3n) is 3.66. The molecule has 0 aromatic carbocycles. The minimum absolute atomic E-state index is 0.620. The van der Waals surface area contributed by atoms with Gasteiger partial charge in [-0.2, -0.15) is 0 Å². The molecule has 0 saturated carbocycles. The quantitative estimate of drug-likeness (QED) is 0.815. The summed E-state index contributed by atoms with van der Waals surface area (Å²) in [6, 6.07) is 0. The molecule has 2 unspecified atom stereocenters. The van der Waals surface area contributed by atoms with E-state index < -0.39 is 26.6 Å². The van der Waals surface area contributed by atoms with Gasteiger partial charge in [-0.15, -0.1) is 0 Å². The van der Waals surface area contributed by atoms with Crippen LogP contribution in [0.25, 0.3) is 0 Å². The van der Waals surface area contributed by atoms with E-state index in [1.165, 1.54) is 12.2 Å². The fourth-order valence-electron chi connectivity index (χ4n) is 2.83. The molecule has 0 aromatic rings. The van der Waals surface area contributed by atoms with Gasteiger partial charge in [0.1, 0.15) is 5.92 Å². The van der Waals surface area contributed by atoms with Crippen molar-refractivity contribution in [2.24, 2.45) is 5.92 Å². The van der Waals surface area contributed by atoms with Crippen molar-refractivity contribution < 1.29 is 18.3 Å². The number of aliphatic carboxylic acids is 1. The molecule has 2 atom stereocenters. The van der Waals surface area contributed by atoms with Crippen LogP contribution in [0.1, 0.15) is 12.8 Å². The number of rotatable bonds is 3. The zero-order valence-corrected chi connectivity index (χ0v) is 11.1. The molecular weight excluding hydrogens is 254 g/mol. The summed E-state index contributed by atoms with van der Waals surface area (Å²) in [5.41, 5.74) is 0. The summed E-state index contributed by atoms with van der Waals surface area (Å²) < 4.78 is 24.4. The number of carboxylic acid groups (broad SMARTS) is 1. The van der Waals surface area contributed by atoms with Crippen molar-refractivity contribution in [1.29, 1.82) is 0 Å². The van der Waals surface area contributed by atoms with Gasteiger partial charge in [0.25, 0.3) is 0 Å². The van der Waals surface area contributed by atoms with Gasteiger partial charge in [-0.25, -0.2) is 8.42 Å². The van der Waals surface area contributed by atoms with Crippen molar-refractivity contribution in [3.05, 3.63) is 24.3 Å². The first-order chi connectivity index (χ1) is 8.39. The number of carbonyl (C=O) groups is 1. The van der Waals surface area contributed by atoms with Gasteiger partial charge in [0.05, 0.1) is 0 Å². The average Bonchev–Trinajstić information content (AvgIpc) is 2.80. The largest absolute Gasteiger partial charge is 0.481 e. The number of nitrogens with zero attached hydrogens (tertiary/aromatic N) is 1. The second-order valence-corrected chi connectivity index (χ2v) is 6.98. The van der Waals surface area contributed by atoms with Gasteiger partial charge in [0.2, 0.25) is 0 Å². The zero-order valence-electron chi connectivity index (χ0n) is 10.2. The standard InChI is InChI=1S/C12H17NO4S/c1-18(16,17)12(13-8-4-5-9-13)7-3-2-6-10(12)11(14)15/h2-3,6-7,10H,4-5,8-9H2,1H3,(H,14,15). The van der Waals surface area contributed by atoms with Crippen LogP contribution in [-0.2, 0) is 14.6 Å². The molecule has 2 aliphatic rings. The predicted molar refractivity (Wildman–Crippen MR) is 67.8 cm³/mol. The first kappa shape index (κ1) is 13.3. The summed E-state index contributed by atoms with van der Waals surface area (Å²) in [5.74, 6) is -2.15. The highest BCUT2D eigenvalue weighted by Gasteiger charge is 2.53. The fraction of sp³-hybridized carbons (Fsp3) is 0.583. The number of allylic oxidation sites excluding steroid dienone is 2. The van der Waals surface area contributed by atoms with Crippen LogP contribution < -0.4 is 0 Å². The van der Waals surface area contributed by atoms with Crippen LogP contribution >= 0.6 is 0 Å². The van der Waals surface area contributed by atoms with Gasteiger partial charge in [0, 0.05) is 19.3 Å². The van der Waals surface area contributed by atoms with Crippen LogP contribution in [0.5, 0.6) is 0 Å². The van der Waals surface area contributed by atoms with Crippen molar-refractivity contribution in [3.8, 4) is 0 Å². The molecule has 18 heavy (non-hydrogen) atoms. The lowest BCUT2D eigenvalue weighted by Crippen LogP contribution is -2.58. The second kappa shape index (κ2) is 4.51. The summed E-state index contributed by atoms with van der Waals surface area (Å²) in [5, 5.41) is 9.32. The highest BCUT2D eigenvalue weighted by molar-refractivity contribution is 7.92. The maximum Gasteiger partial charge on any atom is 0.313 e. The number of hydrogen-bond donors (Lipinski definition) is 1. The average molecular weight is 271 g/mol. The maximum absolute atomic E-state index is 12.2. The third kappa shape index (κ3) is 1.89. The predicted octanol–water partition coefficient (Wildman–Crippen LogP) is 0.650. The Kier molecular flexibility index (Phi) is 3.33. The Morgan fingerprint density at radius 3 is 2.44 bits per heavy atom. The van der Waals surface area contributed by atoms with Crippen molar-refractivity contribution >= 4 is 15.8 Å². The van der Waals surface area contributed by atoms with E-state index in [4.69, 9.17) is 0 Å². The third-order valence-corrected chi connectivity index (χ3v) is 5.49. The molecule has 0 radical (unpaired) electrons. The second-order valence-electron chi connectivity index (χ2n) is 4.78. The Balaban J connectivity index is 2.57. The summed E-state index contributed by atoms with van der Waals surface area (Å²) in [7, 11) is -3.56. The normalized spacial score (nSPS) is 32.8. The van der Waals surface area contributed by atoms with E-state index in [2.05, 4.69) is 0 Å². The van der Waals surface area contributed by atoms with Crippen molar-refractivity contribution in [2.75, 3.05) is 19.3 Å². The summed E-state index contributed by atoms with van der Waals surface area (Å²) >= 11 is 0. The Morgan fingerprint density at radius 1 is 1.33 bits per heavy atom. The zero-order chi connectivity index (χ0) is 13.4. The van der Waals surface area contributed by atoms with Crippen molar-refractivity contribution in [2.45, 2.75) is 17.7 Å². The molecule has 1 heterocycles. The lowest BCUT2D eigenvalue weighted by molar-refractivity contribution is -0.142. The molecule has 1 fully saturated rings. The lowest BCUT2D eigenvalue weighted by Gasteiger charge is -2.41. The molecule has 0 aromatic heterocycles. The summed E-state index contributed by atoms with van der Waals surface area (Å²) in [4.78, 5) is 11.7. The molecule has 0 amide bonds. The molecule has 1 aliphatic heterocycles. The van der Waals surface area contributed by atoms with Gasteiger partial charge in [0.15, 0.2) is 14.7 Å². The van der Waals surface area contributed by atoms with Gasteiger partial charge in [-0.05, 0) is 18.9 Å². The van der Waals surface area contributed by atoms with Crippen molar-refractivity contribution in [3.63, 3.8) is 0 Å². The van der Waals surface area contributed by atoms with Crippen LogP contribution in [0.3, 0.4) is 0 Å². The number of likely N-dealkylation sites (tertiary alicyclic amines) is 1. The van der Waals surface area contributed by atoms with Crippen LogP contribution in [0.2, 0.25) is 0 Å². The van der Waals surface area contributed by atoms with Crippen LogP contribution in [-0.4, -0.2) is 48.6 Å². The van der Waals surface area contributed by atoms with Gasteiger partial charge in [-0.3, -0.25) is 9.69 Å². The Bertz CT molecular complexity index is 502. The number of hydrogen-bond acceptors (Lipinski definition) is 4. The minimum atomic E-state index is -3.56. The fourth-order valence-corrected chi connectivity index (χ4v) is 4.44. The Labute approximate surface area is 107 Å². The Morgan fingerprint density at radius 2 is 1.94 bits per heavy atom. The first-order valence-electron chi connectivity index (χ1n) is 5.93. The molecule has 0 spiro atoms. The van der Waals surface area contributed by atoms with E-state index in [1.807, 2.05) is 0 Å². The van der Waals surface area contributed by atoms with E-state index in [0.717, 1.165) is 19.1 Å². The lowest BCUT2D eigenvalue weighted by atomic mass is 9.93. The van der Waals surface area contributed by atoms with E-state index in [9.17, 15) is 18.3 Å². The molecule has 5 nitrogen and oxygen atoms in total. The SMILES string of the molecule is CS(=O)(=O)C1(N2CCCC2)C=CC=CC1C(=O)O. The van der Waals surface area contributed by atoms with E-state index >= 15 is 0 Å². The molecule has 1 aliphatic carbocycles. The van der Waals surface area contributed by atoms with Crippen LogP contribution in [0.15, 0.2) is 24.3 Å². The number of carboxylic acids is 1. The molecule has 6 heteroatoms. The first-order valence-corrected chi connectivity index (χ1v) is 7.82. The maximum atomic E-state index is 12.2. The van der Waals surface area contributed by atoms with Crippen molar-refractivity contribution in [1.82, 2.24) is 4.90 Å². The molecule has 1 saturated heterocycles. The number of sulfone groups is 1. The van der Waals surface area contributed by atoms with E-state index in [-0.39, 0.29) is 0 Å². The summed E-state index contributed by atoms with van der Waals surface area (Å²) in [6.45, 7) is 1.24. The molecule has 2 rings (SSSR count). The highest BCUT2D eigenvalue weighted by Crippen LogP contribution is 2.38. The topological polar surface area (TPSA) is 74.7 Å². The Hall–Kier alpha value is -1.14. The van der Waals surface area contributed by atoms with Crippen LogP contribution in [0.4, 0.5) is 0 Å². The molecule has 0 bridgehead atoms. The molecule has 100 valence electrons. The highest BCUT2D eigenvalue weighted by atomic mass is 32.2. The molecular formula is C12H17NO4S.